The van der Waals surface area contributed by atoms with Gasteiger partial charge in [-0.25, -0.2) is 0 Å². The van der Waals surface area contributed by atoms with Crippen LogP contribution in [0.3, 0.4) is 0 Å². The van der Waals surface area contributed by atoms with Gasteiger partial charge in [-0.3, -0.25) is 9.78 Å². The maximum Gasteiger partial charge on any atom is 0.431 e. The number of hydrogen-bond donors (Lipinski definition) is 1. The number of carbonyl (C=O) groups excluding carboxylic acids is 1. The number of hydrogen-bond acceptors (Lipinski definition) is 4. The first-order valence-corrected chi connectivity index (χ1v) is 7.97. The van der Waals surface area contributed by atoms with E-state index >= 15 is 0 Å². The van der Waals surface area contributed by atoms with Crippen molar-refractivity contribution < 1.29 is 23.1 Å². The number of carbonyl (C=O) groups is 1. The van der Waals surface area contributed by atoms with Gasteiger partial charge in [0.05, 0.1) is 6.42 Å². The predicted molar refractivity (Wildman–Crippen MR) is 88.2 cm³/mol. The molecule has 1 aromatic carbocycles. The Labute approximate surface area is 147 Å². The predicted octanol–water partition coefficient (Wildman–Crippen LogP) is 3.25. The van der Waals surface area contributed by atoms with Crippen molar-refractivity contribution in [3.8, 4) is 0 Å². The quantitative estimate of drug-likeness (QED) is 0.910. The number of aromatic nitrogens is 1. The van der Waals surface area contributed by atoms with Gasteiger partial charge in [0.2, 0.25) is 0 Å². The zero-order chi connectivity index (χ0) is 18.9. The van der Waals surface area contributed by atoms with Gasteiger partial charge in [0.25, 0.3) is 5.91 Å². The Morgan fingerprint density at radius 1 is 1.19 bits per heavy atom. The number of alkyl halides is 3. The molecule has 1 amide bonds. The van der Waals surface area contributed by atoms with Crippen LogP contribution in [0, 0.1) is 0 Å². The van der Waals surface area contributed by atoms with E-state index in [-0.39, 0.29) is 11.1 Å². The summed E-state index contributed by atoms with van der Waals surface area (Å²) < 4.78 is 39.6. The second-order valence-electron chi connectivity index (χ2n) is 5.94. The normalized spacial score (nSPS) is 20.2. The molecule has 1 N–H and O–H groups in total. The summed E-state index contributed by atoms with van der Waals surface area (Å²) in [6, 6.07) is 9.14. The molecule has 2 heterocycles. The highest BCUT2D eigenvalue weighted by Crippen LogP contribution is 2.40. The molecule has 0 radical (unpaired) electrons. The molecule has 0 saturated carbocycles. The molecule has 2 aromatic rings. The number of hydrazone groups is 1. The molecule has 0 saturated heterocycles. The largest absolute Gasteiger partial charge is 0.431 e. The summed E-state index contributed by atoms with van der Waals surface area (Å²) in [4.78, 5) is 16.5. The molecule has 5 nitrogen and oxygen atoms in total. The standard InChI is InChI=1S/C18H16F3N3O2/c1-2-12-3-5-14(6-4-12)17(26)11-15(18(19,20)21)23-24(17)16(25)13-7-9-22-10-8-13/h3-10,26H,2,11H2,1H3. The van der Waals surface area contributed by atoms with Crippen LogP contribution in [0.2, 0.25) is 0 Å². The van der Waals surface area contributed by atoms with Gasteiger partial charge in [-0.1, -0.05) is 31.2 Å². The van der Waals surface area contributed by atoms with Crippen LogP contribution in [0.1, 0.15) is 34.8 Å². The fourth-order valence-corrected chi connectivity index (χ4v) is 2.77. The van der Waals surface area contributed by atoms with E-state index in [1.54, 1.807) is 12.1 Å². The van der Waals surface area contributed by atoms with Crippen LogP contribution in [0.25, 0.3) is 0 Å². The van der Waals surface area contributed by atoms with Gasteiger partial charge >= 0.3 is 6.18 Å². The molecule has 1 unspecified atom stereocenters. The Hall–Kier alpha value is -2.74. The summed E-state index contributed by atoms with van der Waals surface area (Å²) in [5.74, 6) is -0.839. The first-order valence-electron chi connectivity index (χ1n) is 7.97. The molecule has 0 spiro atoms. The van der Waals surface area contributed by atoms with E-state index in [9.17, 15) is 23.1 Å². The minimum Gasteiger partial charge on any atom is -0.365 e. The second kappa shape index (κ2) is 6.53. The van der Waals surface area contributed by atoms with Gasteiger partial charge in [0, 0.05) is 23.5 Å². The Kier molecular flexibility index (Phi) is 4.53. The van der Waals surface area contributed by atoms with Gasteiger partial charge in [-0.05, 0) is 24.1 Å². The Bertz CT molecular complexity index is 835. The van der Waals surface area contributed by atoms with Crippen molar-refractivity contribution >= 4 is 11.6 Å². The van der Waals surface area contributed by atoms with Crippen LogP contribution in [-0.2, 0) is 12.1 Å². The number of pyridine rings is 1. The molecule has 3 rings (SSSR count). The van der Waals surface area contributed by atoms with Crippen molar-refractivity contribution in [3.05, 3.63) is 65.5 Å². The SMILES string of the molecule is CCc1ccc(C2(O)CC(C(F)(F)F)=NN2C(=O)c2ccncc2)cc1. The summed E-state index contributed by atoms with van der Waals surface area (Å²) in [5, 5.41) is 14.9. The summed E-state index contributed by atoms with van der Waals surface area (Å²) in [6.07, 6.45) is -2.16. The van der Waals surface area contributed by atoms with Crippen LogP contribution < -0.4 is 0 Å². The highest BCUT2D eigenvalue weighted by Gasteiger charge is 2.53. The first-order chi connectivity index (χ1) is 12.3. The zero-order valence-corrected chi connectivity index (χ0v) is 13.9. The maximum atomic E-state index is 13.2. The summed E-state index contributed by atoms with van der Waals surface area (Å²) in [6.45, 7) is 1.93. The van der Waals surface area contributed by atoms with Crippen LogP contribution >= 0.6 is 0 Å². The third-order valence-electron chi connectivity index (χ3n) is 4.26. The smallest absolute Gasteiger partial charge is 0.365 e. The molecule has 1 aromatic heterocycles. The molecule has 26 heavy (non-hydrogen) atoms. The third-order valence-corrected chi connectivity index (χ3v) is 4.26. The van der Waals surface area contributed by atoms with E-state index in [0.717, 1.165) is 12.0 Å². The van der Waals surface area contributed by atoms with Gasteiger partial charge < -0.3 is 5.11 Å². The number of rotatable bonds is 3. The molecular weight excluding hydrogens is 347 g/mol. The lowest BCUT2D eigenvalue weighted by Gasteiger charge is -2.31. The average Bonchev–Trinajstić information content (AvgIpc) is 3.01. The van der Waals surface area contributed by atoms with E-state index in [1.165, 1.54) is 36.7 Å². The minimum absolute atomic E-state index is 0.0794. The summed E-state index contributed by atoms with van der Waals surface area (Å²) >= 11 is 0. The van der Waals surface area contributed by atoms with Gasteiger partial charge in [0.1, 0.15) is 5.71 Å². The monoisotopic (exact) mass is 363 g/mol. The van der Waals surface area contributed by atoms with Crippen molar-refractivity contribution in [1.82, 2.24) is 9.99 Å². The molecule has 0 aliphatic carbocycles. The maximum absolute atomic E-state index is 13.2. The van der Waals surface area contributed by atoms with Crippen molar-refractivity contribution in [2.75, 3.05) is 0 Å². The topological polar surface area (TPSA) is 65.8 Å². The summed E-state index contributed by atoms with van der Waals surface area (Å²) in [7, 11) is 0. The van der Waals surface area contributed by atoms with E-state index < -0.39 is 29.9 Å². The molecule has 1 atom stereocenters. The van der Waals surface area contributed by atoms with E-state index in [1.807, 2.05) is 6.92 Å². The van der Waals surface area contributed by atoms with E-state index in [4.69, 9.17) is 0 Å². The summed E-state index contributed by atoms with van der Waals surface area (Å²) in [5.41, 5.74) is -2.21. The first kappa shape index (κ1) is 18.1. The van der Waals surface area contributed by atoms with Crippen molar-refractivity contribution in [1.29, 1.82) is 0 Å². The molecule has 136 valence electrons. The van der Waals surface area contributed by atoms with Crippen LogP contribution in [0.15, 0.2) is 53.9 Å². The van der Waals surface area contributed by atoms with Gasteiger partial charge in [0.15, 0.2) is 5.72 Å². The lowest BCUT2D eigenvalue weighted by atomic mass is 9.95. The molecule has 1 aliphatic heterocycles. The molecule has 0 fully saturated rings. The zero-order valence-electron chi connectivity index (χ0n) is 13.9. The van der Waals surface area contributed by atoms with Gasteiger partial charge in [-0.2, -0.15) is 23.3 Å². The minimum atomic E-state index is -4.75. The Morgan fingerprint density at radius 3 is 2.35 bits per heavy atom. The molecule has 8 heteroatoms. The number of benzene rings is 1. The number of nitrogens with zero attached hydrogens (tertiary/aromatic N) is 3. The van der Waals surface area contributed by atoms with Crippen molar-refractivity contribution in [2.24, 2.45) is 5.10 Å². The lowest BCUT2D eigenvalue weighted by molar-refractivity contribution is -0.0816. The van der Waals surface area contributed by atoms with Crippen molar-refractivity contribution in [3.63, 3.8) is 0 Å². The fourth-order valence-electron chi connectivity index (χ4n) is 2.77. The van der Waals surface area contributed by atoms with E-state index in [0.29, 0.717) is 5.01 Å². The number of aliphatic hydroxyl groups is 1. The Morgan fingerprint density at radius 2 is 1.81 bits per heavy atom. The van der Waals surface area contributed by atoms with Crippen LogP contribution in [-0.4, -0.2) is 32.9 Å². The second-order valence-corrected chi connectivity index (χ2v) is 5.94. The average molecular weight is 363 g/mol. The highest BCUT2D eigenvalue weighted by atomic mass is 19.4. The lowest BCUT2D eigenvalue weighted by Crippen LogP contribution is -2.43. The number of aryl methyl sites for hydroxylation is 1. The molecule has 0 bridgehead atoms. The number of amides is 1. The molecular formula is C18H16F3N3O2. The van der Waals surface area contributed by atoms with E-state index in [2.05, 4.69) is 10.1 Å². The van der Waals surface area contributed by atoms with Crippen molar-refractivity contribution in [2.45, 2.75) is 31.7 Å². The van der Waals surface area contributed by atoms with Crippen LogP contribution in [0.5, 0.6) is 0 Å². The molecule has 1 aliphatic rings. The van der Waals surface area contributed by atoms with Crippen LogP contribution in [0.4, 0.5) is 13.2 Å². The Balaban J connectivity index is 2.05. The third kappa shape index (κ3) is 3.20. The van der Waals surface area contributed by atoms with Gasteiger partial charge in [-0.15, -0.1) is 0 Å². The highest BCUT2D eigenvalue weighted by molar-refractivity contribution is 5.99. The number of halogens is 3. The fraction of sp³-hybridized carbons (Fsp3) is 0.278.